The summed E-state index contributed by atoms with van der Waals surface area (Å²) in [7, 11) is 1.97. The summed E-state index contributed by atoms with van der Waals surface area (Å²) in [5.74, 6) is -5.21. The summed E-state index contributed by atoms with van der Waals surface area (Å²) < 4.78 is 0. The number of aliphatic carboxylic acids is 2. The van der Waals surface area contributed by atoms with Gasteiger partial charge in [0.1, 0.15) is 23.2 Å². The summed E-state index contributed by atoms with van der Waals surface area (Å²) in [4.78, 5) is 48.4. The number of nitrogens with zero attached hydrogens (tertiary/aromatic N) is 3. The van der Waals surface area contributed by atoms with Gasteiger partial charge in [-0.1, -0.05) is 0 Å². The number of nitrogens with one attached hydrogen (secondary N) is 2. The molecule has 222 valence electrons. The van der Waals surface area contributed by atoms with Crippen LogP contribution in [0.3, 0.4) is 0 Å². The number of hydrogen-bond acceptors (Lipinski definition) is 8. The van der Waals surface area contributed by atoms with Gasteiger partial charge in [0.2, 0.25) is 0 Å². The number of aromatic nitrogens is 2. The van der Waals surface area contributed by atoms with Crippen molar-refractivity contribution < 1.29 is 34.8 Å². The van der Waals surface area contributed by atoms with Crippen molar-refractivity contribution in [2.75, 3.05) is 33.2 Å². The fourth-order valence-electron chi connectivity index (χ4n) is 5.15. The molecule has 1 unspecified atom stereocenters. The van der Waals surface area contributed by atoms with E-state index in [1.165, 1.54) is 30.3 Å². The van der Waals surface area contributed by atoms with Gasteiger partial charge in [-0.2, -0.15) is 0 Å². The maximum absolute atomic E-state index is 13.3. The highest BCUT2D eigenvalue weighted by molar-refractivity contribution is 5.99. The van der Waals surface area contributed by atoms with E-state index in [1.54, 1.807) is 23.1 Å². The first kappa shape index (κ1) is 29.1. The molecule has 0 aliphatic carbocycles. The Morgan fingerprint density at radius 2 is 1.63 bits per heavy atom. The Morgan fingerprint density at radius 1 is 0.953 bits per heavy atom. The molecule has 13 heteroatoms. The van der Waals surface area contributed by atoms with Crippen LogP contribution >= 0.6 is 0 Å². The van der Waals surface area contributed by atoms with Crippen molar-refractivity contribution in [3.63, 3.8) is 0 Å². The molecule has 8 N–H and O–H groups in total. The molecule has 1 amide bonds. The fourth-order valence-corrected chi connectivity index (χ4v) is 5.15. The van der Waals surface area contributed by atoms with Gasteiger partial charge >= 0.3 is 11.9 Å². The second-order valence-corrected chi connectivity index (χ2v) is 10.5. The summed E-state index contributed by atoms with van der Waals surface area (Å²) in [6.45, 7) is 2.44. The molecule has 5 rings (SSSR count). The molecule has 43 heavy (non-hydrogen) atoms. The van der Waals surface area contributed by atoms with Crippen LogP contribution in [-0.2, 0) is 9.59 Å². The predicted octanol–water partition coefficient (Wildman–Crippen LogP) is 2.62. The Morgan fingerprint density at radius 3 is 2.28 bits per heavy atom. The van der Waals surface area contributed by atoms with Gasteiger partial charge in [0.05, 0.1) is 28.9 Å². The lowest BCUT2D eigenvalue weighted by Crippen LogP contribution is -2.47. The molecule has 13 nitrogen and oxygen atoms in total. The van der Waals surface area contributed by atoms with Crippen molar-refractivity contribution in [3.8, 4) is 34.0 Å². The molecule has 1 aromatic heterocycles. The van der Waals surface area contributed by atoms with Crippen molar-refractivity contribution in [2.24, 2.45) is 5.73 Å². The number of carbonyl (C=O) groups is 3. The van der Waals surface area contributed by atoms with Crippen LogP contribution in [0.4, 0.5) is 0 Å². The van der Waals surface area contributed by atoms with Gasteiger partial charge in [-0.3, -0.25) is 19.8 Å². The predicted molar refractivity (Wildman–Crippen MR) is 157 cm³/mol. The first-order chi connectivity index (χ1) is 20.4. The van der Waals surface area contributed by atoms with E-state index >= 15 is 0 Å². The van der Waals surface area contributed by atoms with Gasteiger partial charge in [0, 0.05) is 48.4 Å². The number of H-pyrrole nitrogens is 1. The molecular weight excluding hydrogens is 556 g/mol. The number of piperazine rings is 1. The van der Waals surface area contributed by atoms with E-state index in [2.05, 4.69) is 14.9 Å². The van der Waals surface area contributed by atoms with Crippen LogP contribution < -0.4 is 5.73 Å². The number of benzene rings is 3. The molecule has 0 saturated carbocycles. The van der Waals surface area contributed by atoms with E-state index in [0.29, 0.717) is 42.8 Å². The fraction of sp³-hybridized carbons (Fsp3) is 0.233. The van der Waals surface area contributed by atoms with Crippen LogP contribution in [0.2, 0.25) is 0 Å². The second kappa shape index (κ2) is 11.4. The minimum absolute atomic E-state index is 0.0143. The van der Waals surface area contributed by atoms with Gasteiger partial charge in [0.25, 0.3) is 5.91 Å². The maximum atomic E-state index is 13.3. The van der Waals surface area contributed by atoms with Crippen LogP contribution in [0, 0.1) is 5.41 Å². The van der Waals surface area contributed by atoms with Crippen molar-refractivity contribution in [3.05, 3.63) is 65.2 Å². The number of nitrogen functional groups attached to an aromatic ring is 1. The van der Waals surface area contributed by atoms with Crippen LogP contribution in [-0.4, -0.2) is 97.1 Å². The average molecular weight is 587 g/mol. The third kappa shape index (κ3) is 5.83. The van der Waals surface area contributed by atoms with Crippen molar-refractivity contribution in [2.45, 2.75) is 12.3 Å². The molecule has 4 aromatic rings. The number of carbonyl (C=O) groups excluding carboxylic acids is 1. The zero-order chi connectivity index (χ0) is 31.0. The second-order valence-electron chi connectivity index (χ2n) is 10.5. The number of rotatable bonds is 8. The van der Waals surface area contributed by atoms with E-state index < -0.39 is 24.3 Å². The normalized spacial score (nSPS) is 14.5. The summed E-state index contributed by atoms with van der Waals surface area (Å²) in [6.07, 6.45) is -0.741. The lowest BCUT2D eigenvalue weighted by Gasteiger charge is -2.32. The number of carboxylic acid groups (broad SMARTS) is 2. The Labute approximate surface area is 245 Å². The number of aromatic hydroxyl groups is 2. The van der Waals surface area contributed by atoms with Gasteiger partial charge in [-0.05, 0) is 61.1 Å². The number of imidazole rings is 1. The summed E-state index contributed by atoms with van der Waals surface area (Å²) in [5, 5.41) is 49.4. The zero-order valence-electron chi connectivity index (χ0n) is 23.2. The van der Waals surface area contributed by atoms with Gasteiger partial charge in [0.15, 0.2) is 0 Å². The van der Waals surface area contributed by atoms with Crippen LogP contribution in [0.15, 0.2) is 48.5 Å². The average Bonchev–Trinajstić information content (AvgIpc) is 3.40. The number of carboxylic acids is 2. The van der Waals surface area contributed by atoms with Crippen molar-refractivity contribution in [1.82, 2.24) is 19.8 Å². The monoisotopic (exact) mass is 586 g/mol. The molecule has 1 aliphatic heterocycles. The quantitative estimate of drug-likeness (QED) is 0.118. The maximum Gasteiger partial charge on any atom is 0.311 e. The van der Waals surface area contributed by atoms with Crippen LogP contribution in [0.25, 0.3) is 33.5 Å². The number of hydrogen-bond donors (Lipinski definition) is 7. The zero-order valence-corrected chi connectivity index (χ0v) is 23.2. The Kier molecular flexibility index (Phi) is 7.74. The highest BCUT2D eigenvalue weighted by Gasteiger charge is 2.28. The Balaban J connectivity index is 1.68. The topological polar surface area (TPSA) is 217 Å². The van der Waals surface area contributed by atoms with Crippen molar-refractivity contribution in [1.29, 1.82) is 5.41 Å². The van der Waals surface area contributed by atoms with E-state index in [0.717, 1.165) is 0 Å². The molecule has 1 atom stereocenters. The van der Waals surface area contributed by atoms with Gasteiger partial charge < -0.3 is 40.9 Å². The minimum atomic E-state index is -1.50. The first-order valence-electron chi connectivity index (χ1n) is 13.4. The van der Waals surface area contributed by atoms with E-state index in [1.807, 2.05) is 7.05 Å². The molecule has 1 fully saturated rings. The summed E-state index contributed by atoms with van der Waals surface area (Å²) >= 11 is 0. The molecule has 3 aromatic carbocycles. The van der Waals surface area contributed by atoms with E-state index in [4.69, 9.17) is 11.1 Å². The molecule has 1 saturated heterocycles. The summed E-state index contributed by atoms with van der Waals surface area (Å²) in [5.41, 5.74) is 7.36. The highest BCUT2D eigenvalue weighted by atomic mass is 16.4. The number of nitrogens with two attached hydrogens (primary N) is 1. The molecule has 0 spiro atoms. The lowest BCUT2D eigenvalue weighted by atomic mass is 9.89. The molecule has 0 radical (unpaired) electrons. The SMILES string of the molecule is CN1CCN(C(=O)c2ccc(O)c(-c3cc(C(CC(=O)O)C(=O)O)cc(-c4nc5ccc(C(=N)N)cc5[nH]4)c3O)c2)CC1. The van der Waals surface area contributed by atoms with Gasteiger partial charge in [-0.15, -0.1) is 0 Å². The number of aromatic amines is 1. The molecule has 2 heterocycles. The number of phenols is 2. The summed E-state index contributed by atoms with van der Waals surface area (Å²) in [6, 6.07) is 11.7. The largest absolute Gasteiger partial charge is 0.507 e. The highest BCUT2D eigenvalue weighted by Crippen LogP contribution is 2.44. The number of fused-ring (bicyclic) bond motifs is 1. The van der Waals surface area contributed by atoms with E-state index in [-0.39, 0.29) is 56.9 Å². The smallest absolute Gasteiger partial charge is 0.311 e. The van der Waals surface area contributed by atoms with Crippen molar-refractivity contribution >= 4 is 34.7 Å². The van der Waals surface area contributed by atoms with E-state index in [9.17, 15) is 34.8 Å². The minimum Gasteiger partial charge on any atom is -0.507 e. The molecular formula is C30H30N6O7. The lowest BCUT2D eigenvalue weighted by molar-refractivity contribution is -0.145. The van der Waals surface area contributed by atoms with Gasteiger partial charge in [-0.25, -0.2) is 4.98 Å². The number of likely N-dealkylation sites (N-methyl/N-ethyl adjacent to an activating group) is 1. The van der Waals surface area contributed by atoms with Crippen LogP contribution in [0.1, 0.15) is 33.8 Å². The third-order valence-electron chi connectivity index (χ3n) is 7.58. The Hall–Kier alpha value is -5.43. The first-order valence-corrected chi connectivity index (χ1v) is 13.4. The standard InChI is InChI=1S/C30H30N6O7/c1-35-6-8-36(9-7-35)29(41)16-3-5-24(37)19(10-16)20-11-17(18(30(42)43)14-25(38)39)12-21(26(20)40)28-33-22-4-2-15(27(31)32)13-23(22)34-28/h2-5,10-13,18,37,40H,6-9,14H2,1H3,(H3,31,32)(H,33,34)(H,38,39)(H,42,43). The number of phenolic OH excluding ortho intramolecular Hbond substituents is 2. The number of amidine groups is 1. The van der Waals surface area contributed by atoms with Crippen LogP contribution in [0.5, 0.6) is 11.5 Å². The molecule has 1 aliphatic rings. The third-order valence-corrected chi connectivity index (χ3v) is 7.58. The number of amides is 1. The Bertz CT molecular complexity index is 1770. The molecule has 0 bridgehead atoms.